The van der Waals surface area contributed by atoms with Crippen molar-refractivity contribution in [2.75, 3.05) is 30.4 Å². The average Bonchev–Trinajstić information content (AvgIpc) is 2.81. The van der Waals surface area contributed by atoms with E-state index in [4.69, 9.17) is 27.9 Å². The molecule has 1 heterocycles. The molecule has 0 radical (unpaired) electrons. The summed E-state index contributed by atoms with van der Waals surface area (Å²) in [4.78, 5) is 29.7. The summed E-state index contributed by atoms with van der Waals surface area (Å²) < 4.78 is 5.34. The number of amides is 3. The number of nitrogens with one attached hydrogen (secondary N) is 1. The number of nitrogens with zero attached hydrogens (tertiary/aromatic N) is 2. The zero-order chi connectivity index (χ0) is 23.4. The Balaban J connectivity index is 1.59. The molecule has 1 aliphatic rings. The molecule has 3 aromatic carbocycles. The maximum absolute atomic E-state index is 13.4. The quantitative estimate of drug-likeness (QED) is 0.461. The molecule has 0 spiro atoms. The highest BCUT2D eigenvalue weighted by Crippen LogP contribution is 2.33. The van der Waals surface area contributed by atoms with Crippen LogP contribution in [0.1, 0.15) is 22.3 Å². The summed E-state index contributed by atoms with van der Waals surface area (Å²) in [5.41, 5.74) is 2.52. The number of carbonyl (C=O) groups is 2. The number of anilines is 2. The van der Waals surface area contributed by atoms with E-state index in [9.17, 15) is 9.59 Å². The lowest BCUT2D eigenvalue weighted by Crippen LogP contribution is -2.49. The summed E-state index contributed by atoms with van der Waals surface area (Å²) in [6.45, 7) is 1.64. The standard InChI is InChI=1S/C25H23Cl2N3O3/c1-33-21-10-11-23(22(15-21)28-24(31)18-6-8-19(26)9-7-18)30-13-3-12-29(25(30)32)16-17-4-2-5-20(27)14-17/h2,4-11,14-15H,3,12-13,16H2,1H3,(H,28,31). The van der Waals surface area contributed by atoms with Gasteiger partial charge >= 0.3 is 6.03 Å². The first-order valence-electron chi connectivity index (χ1n) is 10.5. The number of hydrogen-bond donors (Lipinski definition) is 1. The van der Waals surface area contributed by atoms with Gasteiger partial charge in [0.15, 0.2) is 0 Å². The average molecular weight is 484 g/mol. The van der Waals surface area contributed by atoms with Gasteiger partial charge in [0, 0.05) is 41.3 Å². The number of urea groups is 1. The van der Waals surface area contributed by atoms with Crippen molar-refractivity contribution in [2.24, 2.45) is 0 Å². The Morgan fingerprint density at radius 3 is 2.52 bits per heavy atom. The second-order valence-electron chi connectivity index (χ2n) is 7.68. The van der Waals surface area contributed by atoms with Crippen LogP contribution in [0.2, 0.25) is 10.0 Å². The van der Waals surface area contributed by atoms with Crippen molar-refractivity contribution in [3.63, 3.8) is 0 Å². The van der Waals surface area contributed by atoms with E-state index < -0.39 is 0 Å². The molecule has 0 bridgehead atoms. The number of ether oxygens (including phenoxy) is 1. The van der Waals surface area contributed by atoms with E-state index in [0.717, 1.165) is 12.0 Å². The van der Waals surface area contributed by atoms with Crippen molar-refractivity contribution >= 4 is 46.5 Å². The SMILES string of the molecule is COc1ccc(N2CCCN(Cc3cccc(Cl)c3)C2=O)c(NC(=O)c2ccc(Cl)cc2)c1. The van der Waals surface area contributed by atoms with Crippen molar-refractivity contribution in [1.29, 1.82) is 0 Å². The fourth-order valence-electron chi connectivity index (χ4n) is 3.78. The van der Waals surface area contributed by atoms with Crippen LogP contribution in [0.5, 0.6) is 5.75 Å². The fourth-order valence-corrected chi connectivity index (χ4v) is 4.12. The van der Waals surface area contributed by atoms with Crippen LogP contribution in [0.15, 0.2) is 66.7 Å². The summed E-state index contributed by atoms with van der Waals surface area (Å²) in [5, 5.41) is 4.10. The van der Waals surface area contributed by atoms with Gasteiger partial charge in [-0.2, -0.15) is 0 Å². The van der Waals surface area contributed by atoms with Gasteiger partial charge in [-0.3, -0.25) is 9.69 Å². The van der Waals surface area contributed by atoms with Crippen molar-refractivity contribution in [2.45, 2.75) is 13.0 Å². The van der Waals surface area contributed by atoms with E-state index >= 15 is 0 Å². The first-order valence-corrected chi connectivity index (χ1v) is 11.3. The molecule has 8 heteroatoms. The van der Waals surface area contributed by atoms with E-state index in [2.05, 4.69) is 5.32 Å². The molecule has 3 amide bonds. The molecule has 4 rings (SSSR count). The van der Waals surface area contributed by atoms with Crippen LogP contribution in [-0.4, -0.2) is 37.0 Å². The largest absolute Gasteiger partial charge is 0.497 e. The van der Waals surface area contributed by atoms with Gasteiger partial charge in [0.25, 0.3) is 5.91 Å². The Hall–Kier alpha value is -3.22. The van der Waals surface area contributed by atoms with Crippen molar-refractivity contribution in [3.8, 4) is 5.75 Å². The molecule has 33 heavy (non-hydrogen) atoms. The van der Waals surface area contributed by atoms with Gasteiger partial charge < -0.3 is 15.0 Å². The van der Waals surface area contributed by atoms with Crippen molar-refractivity contribution < 1.29 is 14.3 Å². The molecule has 6 nitrogen and oxygen atoms in total. The highest BCUT2D eigenvalue weighted by atomic mass is 35.5. The third-order valence-corrected chi connectivity index (χ3v) is 5.91. The van der Waals surface area contributed by atoms with E-state index in [1.165, 1.54) is 0 Å². The predicted molar refractivity (Wildman–Crippen MR) is 132 cm³/mol. The molecule has 0 unspecified atom stereocenters. The molecule has 1 N–H and O–H groups in total. The van der Waals surface area contributed by atoms with Gasteiger partial charge in [-0.15, -0.1) is 0 Å². The molecule has 3 aromatic rings. The summed E-state index contributed by atoms with van der Waals surface area (Å²) >= 11 is 12.0. The van der Waals surface area contributed by atoms with Gasteiger partial charge in [-0.05, 0) is 60.5 Å². The van der Waals surface area contributed by atoms with Crippen molar-refractivity contribution in [3.05, 3.63) is 87.9 Å². The summed E-state index contributed by atoms with van der Waals surface area (Å²) in [7, 11) is 1.55. The zero-order valence-corrected chi connectivity index (χ0v) is 19.6. The normalized spacial score (nSPS) is 13.7. The molecule has 0 aliphatic carbocycles. The van der Waals surface area contributed by atoms with E-state index in [1.54, 1.807) is 59.4 Å². The molecule has 0 aromatic heterocycles. The maximum atomic E-state index is 13.4. The van der Waals surface area contributed by atoms with Crippen LogP contribution in [0.3, 0.4) is 0 Å². The summed E-state index contributed by atoms with van der Waals surface area (Å²) in [5.74, 6) is 0.270. The maximum Gasteiger partial charge on any atom is 0.324 e. The molecule has 1 saturated heterocycles. The molecule has 0 atom stereocenters. The van der Waals surface area contributed by atoms with Crippen LogP contribution in [0.4, 0.5) is 16.2 Å². The number of carbonyl (C=O) groups excluding carboxylic acids is 2. The van der Waals surface area contributed by atoms with Gasteiger partial charge in [0.1, 0.15) is 5.75 Å². The lowest BCUT2D eigenvalue weighted by atomic mass is 10.1. The molecule has 1 aliphatic heterocycles. The predicted octanol–water partition coefficient (Wildman–Crippen LogP) is 6.09. The van der Waals surface area contributed by atoms with Crippen LogP contribution < -0.4 is 15.0 Å². The van der Waals surface area contributed by atoms with Gasteiger partial charge in [-0.25, -0.2) is 4.79 Å². The van der Waals surface area contributed by atoms with Crippen molar-refractivity contribution in [1.82, 2.24) is 4.90 Å². The minimum absolute atomic E-state index is 0.131. The molecule has 0 saturated carbocycles. The smallest absolute Gasteiger partial charge is 0.324 e. The second kappa shape index (κ2) is 10.1. The highest BCUT2D eigenvalue weighted by Gasteiger charge is 2.29. The number of hydrogen-bond acceptors (Lipinski definition) is 3. The Bertz CT molecular complexity index is 1170. The summed E-state index contributed by atoms with van der Waals surface area (Å²) in [6.07, 6.45) is 0.795. The number of methoxy groups -OCH3 is 1. The Morgan fingerprint density at radius 1 is 1.00 bits per heavy atom. The monoisotopic (exact) mass is 483 g/mol. The molecular formula is C25H23Cl2N3O3. The van der Waals surface area contributed by atoms with Gasteiger partial charge in [-0.1, -0.05) is 35.3 Å². The number of rotatable bonds is 6. The van der Waals surface area contributed by atoms with Crippen LogP contribution >= 0.6 is 23.2 Å². The van der Waals surface area contributed by atoms with Gasteiger partial charge in [0.2, 0.25) is 0 Å². The fraction of sp³-hybridized carbons (Fsp3) is 0.200. The van der Waals surface area contributed by atoms with E-state index in [1.807, 2.05) is 24.3 Å². The topological polar surface area (TPSA) is 61.9 Å². The Kier molecular flexibility index (Phi) is 7.06. The molecule has 170 valence electrons. The minimum Gasteiger partial charge on any atom is -0.497 e. The zero-order valence-electron chi connectivity index (χ0n) is 18.1. The minimum atomic E-state index is -0.304. The highest BCUT2D eigenvalue weighted by molar-refractivity contribution is 6.31. The third-order valence-electron chi connectivity index (χ3n) is 5.42. The number of halogens is 2. The van der Waals surface area contributed by atoms with E-state index in [-0.39, 0.29) is 11.9 Å². The summed E-state index contributed by atoms with van der Waals surface area (Å²) in [6, 6.07) is 19.2. The lowest BCUT2D eigenvalue weighted by Gasteiger charge is -2.36. The number of benzene rings is 3. The first-order chi connectivity index (χ1) is 15.9. The Morgan fingerprint density at radius 2 is 1.79 bits per heavy atom. The lowest BCUT2D eigenvalue weighted by molar-refractivity contribution is 0.102. The molecular weight excluding hydrogens is 461 g/mol. The Labute approximate surface area is 202 Å². The van der Waals surface area contributed by atoms with Crippen LogP contribution in [0.25, 0.3) is 0 Å². The van der Waals surface area contributed by atoms with E-state index in [0.29, 0.717) is 52.4 Å². The van der Waals surface area contributed by atoms with Crippen LogP contribution in [0, 0.1) is 0 Å². The molecule has 1 fully saturated rings. The van der Waals surface area contributed by atoms with Crippen LogP contribution in [-0.2, 0) is 6.54 Å². The third kappa shape index (κ3) is 5.41. The second-order valence-corrected chi connectivity index (χ2v) is 8.56. The first kappa shape index (κ1) is 23.0. The van der Waals surface area contributed by atoms with Gasteiger partial charge in [0.05, 0.1) is 18.5 Å².